The number of carbonyl (C=O) groups is 4. The molecule has 6 unspecified atom stereocenters. The molecule has 236 valence electrons. The Kier molecular flexibility index (Phi) is 7.57. The van der Waals surface area contributed by atoms with Gasteiger partial charge in [0.25, 0.3) is 0 Å². The molecule has 11 heteroatoms. The Hall–Kier alpha value is -3.66. The van der Waals surface area contributed by atoms with Gasteiger partial charge in [-0.15, -0.1) is 0 Å². The van der Waals surface area contributed by atoms with Gasteiger partial charge in [0.2, 0.25) is 23.6 Å². The van der Waals surface area contributed by atoms with Crippen molar-refractivity contribution in [1.29, 1.82) is 0 Å². The molecule has 4 amide bonds. The zero-order valence-electron chi connectivity index (χ0n) is 25.1. The summed E-state index contributed by atoms with van der Waals surface area (Å²) in [6, 6.07) is 13.6. The number of carbonyl (C=O) groups excluding carboxylic acids is 4. The molecular formula is C35H29BrCl2N2O6. The summed E-state index contributed by atoms with van der Waals surface area (Å²) in [6.07, 6.45) is 2.51. The van der Waals surface area contributed by atoms with E-state index in [-0.39, 0.29) is 41.5 Å². The Morgan fingerprint density at radius 3 is 1.91 bits per heavy atom. The molecule has 2 saturated heterocycles. The van der Waals surface area contributed by atoms with Crippen molar-refractivity contribution in [2.75, 3.05) is 16.9 Å². The fraction of sp³-hybridized carbons (Fsp3) is 0.314. The molecule has 46 heavy (non-hydrogen) atoms. The molecule has 6 atom stereocenters. The second-order valence-corrected chi connectivity index (χ2v) is 14.1. The summed E-state index contributed by atoms with van der Waals surface area (Å²) in [5, 5.41) is 11.5. The van der Waals surface area contributed by atoms with Gasteiger partial charge in [-0.1, -0.05) is 47.0 Å². The normalized spacial score (nSPS) is 27.0. The van der Waals surface area contributed by atoms with Crippen molar-refractivity contribution in [3.63, 3.8) is 0 Å². The number of methoxy groups -OCH3 is 1. The van der Waals surface area contributed by atoms with E-state index in [9.17, 15) is 24.3 Å². The number of imide groups is 2. The first kappa shape index (κ1) is 31.0. The molecule has 3 fully saturated rings. The van der Waals surface area contributed by atoms with E-state index in [2.05, 4.69) is 15.9 Å². The molecule has 2 aliphatic heterocycles. The van der Waals surface area contributed by atoms with E-state index in [1.165, 1.54) is 16.9 Å². The number of aromatic hydroxyl groups is 1. The second kappa shape index (κ2) is 11.2. The molecule has 1 saturated carbocycles. The minimum atomic E-state index is -0.785. The second-order valence-electron chi connectivity index (χ2n) is 12.5. The molecule has 0 bridgehead atoms. The fourth-order valence-corrected chi connectivity index (χ4v) is 8.65. The first-order chi connectivity index (χ1) is 21.9. The first-order valence-corrected chi connectivity index (χ1v) is 16.5. The molecule has 2 aliphatic carbocycles. The summed E-state index contributed by atoms with van der Waals surface area (Å²) in [4.78, 5) is 59.1. The Bertz CT molecular complexity index is 1910. The number of ether oxygens (including phenoxy) is 1. The minimum Gasteiger partial charge on any atom is -0.503 e. The van der Waals surface area contributed by atoms with Crippen LogP contribution in [0.5, 0.6) is 11.5 Å². The van der Waals surface area contributed by atoms with Crippen LogP contribution in [0.2, 0.25) is 10.0 Å². The van der Waals surface area contributed by atoms with Crippen molar-refractivity contribution in [3.8, 4) is 11.5 Å². The molecule has 0 radical (unpaired) electrons. The average Bonchev–Trinajstić information content (AvgIpc) is 3.44. The monoisotopic (exact) mass is 722 g/mol. The number of anilines is 2. The summed E-state index contributed by atoms with van der Waals surface area (Å²) < 4.78 is 5.82. The Morgan fingerprint density at radius 2 is 1.35 bits per heavy atom. The van der Waals surface area contributed by atoms with E-state index in [1.807, 2.05) is 19.9 Å². The number of benzene rings is 3. The predicted octanol–water partition coefficient (Wildman–Crippen LogP) is 7.13. The maximum atomic E-state index is 14.4. The third-order valence-corrected chi connectivity index (χ3v) is 11.5. The van der Waals surface area contributed by atoms with Gasteiger partial charge in [0.05, 0.1) is 46.6 Å². The van der Waals surface area contributed by atoms with Crippen molar-refractivity contribution in [1.82, 2.24) is 0 Å². The van der Waals surface area contributed by atoms with E-state index < -0.39 is 35.5 Å². The smallest absolute Gasteiger partial charge is 0.238 e. The number of phenols is 1. The maximum absolute atomic E-state index is 14.4. The van der Waals surface area contributed by atoms with Crippen LogP contribution >= 0.6 is 39.1 Å². The standard InChI is InChI=1S/C35H29BrCl2N2O6/c1-15-4-6-18(12-25(15)37)39-32(42)21-9-8-20-22(29(21)34(39)44)14-23-30(28(20)17-10-24(36)31(41)27(11-17)46-3)35(45)40(33(23)43)19-7-5-16(2)26(38)13-19/h4-8,10-13,21-23,28-30,41H,9,14H2,1-3H3. The molecule has 3 aromatic rings. The number of hydrogen-bond acceptors (Lipinski definition) is 6. The number of phenolic OH excluding ortho intramolecular Hbond substituents is 1. The van der Waals surface area contributed by atoms with Crippen LogP contribution in [-0.2, 0) is 19.2 Å². The van der Waals surface area contributed by atoms with Crippen LogP contribution in [0.15, 0.2) is 64.7 Å². The number of amides is 4. The largest absolute Gasteiger partial charge is 0.503 e. The van der Waals surface area contributed by atoms with E-state index in [0.717, 1.165) is 16.7 Å². The third kappa shape index (κ3) is 4.53. The third-order valence-electron chi connectivity index (χ3n) is 10.1. The lowest BCUT2D eigenvalue weighted by Crippen LogP contribution is -2.43. The van der Waals surface area contributed by atoms with Crippen LogP contribution < -0.4 is 14.5 Å². The van der Waals surface area contributed by atoms with Crippen LogP contribution in [-0.4, -0.2) is 35.8 Å². The quantitative estimate of drug-likeness (QED) is 0.227. The fourth-order valence-electron chi connectivity index (χ4n) is 7.84. The van der Waals surface area contributed by atoms with Crippen LogP contribution in [0.3, 0.4) is 0 Å². The number of fused-ring (bicyclic) bond motifs is 4. The van der Waals surface area contributed by atoms with Gasteiger partial charge in [0, 0.05) is 16.0 Å². The van der Waals surface area contributed by atoms with Crippen LogP contribution in [0, 0.1) is 43.4 Å². The SMILES string of the molecule is COc1cc(C2C3=CCC4C(=O)N(c5ccc(C)c(Cl)c5)C(=O)C4C3CC3C(=O)N(c4ccc(C)c(Cl)c4)C(=O)C32)cc(Br)c1O. The molecule has 2 heterocycles. The highest BCUT2D eigenvalue weighted by molar-refractivity contribution is 9.10. The van der Waals surface area contributed by atoms with Gasteiger partial charge in [-0.3, -0.25) is 19.2 Å². The van der Waals surface area contributed by atoms with Crippen LogP contribution in [0.25, 0.3) is 0 Å². The zero-order chi connectivity index (χ0) is 32.8. The molecule has 0 spiro atoms. The summed E-state index contributed by atoms with van der Waals surface area (Å²) in [5.74, 6) is -5.26. The summed E-state index contributed by atoms with van der Waals surface area (Å²) >= 11 is 16.2. The van der Waals surface area contributed by atoms with Gasteiger partial charge in [0.15, 0.2) is 11.5 Å². The van der Waals surface area contributed by atoms with Gasteiger partial charge in [-0.2, -0.15) is 0 Å². The van der Waals surface area contributed by atoms with E-state index in [4.69, 9.17) is 27.9 Å². The number of hydrogen-bond donors (Lipinski definition) is 1. The van der Waals surface area contributed by atoms with E-state index in [1.54, 1.807) is 48.5 Å². The highest BCUT2D eigenvalue weighted by Gasteiger charge is 2.62. The van der Waals surface area contributed by atoms with E-state index in [0.29, 0.717) is 37.9 Å². The van der Waals surface area contributed by atoms with Crippen molar-refractivity contribution < 1.29 is 29.0 Å². The molecule has 7 rings (SSSR count). The van der Waals surface area contributed by atoms with Crippen LogP contribution in [0.4, 0.5) is 11.4 Å². The number of rotatable bonds is 4. The van der Waals surface area contributed by atoms with Gasteiger partial charge in [0.1, 0.15) is 0 Å². The van der Waals surface area contributed by atoms with Crippen molar-refractivity contribution in [2.24, 2.45) is 29.6 Å². The highest BCUT2D eigenvalue weighted by atomic mass is 79.9. The molecular weight excluding hydrogens is 695 g/mol. The summed E-state index contributed by atoms with van der Waals surface area (Å²) in [7, 11) is 1.43. The van der Waals surface area contributed by atoms with Gasteiger partial charge < -0.3 is 9.84 Å². The lowest BCUT2D eigenvalue weighted by Gasteiger charge is -2.44. The Morgan fingerprint density at radius 1 is 0.783 bits per heavy atom. The number of aryl methyl sites for hydroxylation is 2. The molecule has 3 aromatic carbocycles. The minimum absolute atomic E-state index is 0.0958. The van der Waals surface area contributed by atoms with Crippen LogP contribution in [0.1, 0.15) is 35.4 Å². The highest BCUT2D eigenvalue weighted by Crippen LogP contribution is 2.59. The van der Waals surface area contributed by atoms with Crippen molar-refractivity contribution in [3.05, 3.63) is 91.4 Å². The molecule has 1 N–H and O–H groups in total. The van der Waals surface area contributed by atoms with Gasteiger partial charge >= 0.3 is 0 Å². The van der Waals surface area contributed by atoms with E-state index >= 15 is 0 Å². The molecule has 4 aliphatic rings. The summed E-state index contributed by atoms with van der Waals surface area (Å²) in [6.45, 7) is 3.69. The van der Waals surface area contributed by atoms with Gasteiger partial charge in [-0.05, 0) is 102 Å². The first-order valence-electron chi connectivity index (χ1n) is 15.0. The predicted molar refractivity (Wildman–Crippen MR) is 177 cm³/mol. The maximum Gasteiger partial charge on any atom is 0.238 e. The Labute approximate surface area is 284 Å². The zero-order valence-corrected chi connectivity index (χ0v) is 28.2. The van der Waals surface area contributed by atoms with Gasteiger partial charge in [-0.25, -0.2) is 9.80 Å². The van der Waals surface area contributed by atoms with Crippen molar-refractivity contribution >= 4 is 74.1 Å². The molecule has 8 nitrogen and oxygen atoms in total. The number of halogens is 3. The summed E-state index contributed by atoms with van der Waals surface area (Å²) in [5.41, 5.74) is 3.91. The number of nitrogens with zero attached hydrogens (tertiary/aromatic N) is 2. The average molecular weight is 724 g/mol. The van der Waals surface area contributed by atoms with Crippen molar-refractivity contribution in [2.45, 2.75) is 32.6 Å². The topological polar surface area (TPSA) is 104 Å². The lowest BCUT2D eigenvalue weighted by molar-refractivity contribution is -0.126. The molecule has 0 aromatic heterocycles. The Balaban J connectivity index is 1.36. The number of allylic oxidation sites excluding steroid dienone is 2. The lowest BCUT2D eigenvalue weighted by atomic mass is 9.57.